The highest BCUT2D eigenvalue weighted by Crippen LogP contribution is 2.24. The second-order valence-corrected chi connectivity index (χ2v) is 3.26. The topological polar surface area (TPSA) is 46.2 Å². The lowest BCUT2D eigenvalue weighted by atomic mass is 9.93. The summed E-state index contributed by atoms with van der Waals surface area (Å²) in [5.41, 5.74) is 2.64. The number of carbonyl (C=O) groups is 2. The summed E-state index contributed by atoms with van der Waals surface area (Å²) in [6, 6.07) is 5.29. The second kappa shape index (κ2) is 2.80. The van der Waals surface area contributed by atoms with Gasteiger partial charge in [-0.15, -0.1) is 0 Å². The fraction of sp³-hybridized carbons (Fsp3) is 0.0909. The molecule has 70 valence electrons. The van der Waals surface area contributed by atoms with E-state index in [9.17, 15) is 9.59 Å². The van der Waals surface area contributed by atoms with Crippen molar-refractivity contribution >= 4 is 17.4 Å². The van der Waals surface area contributed by atoms with Crippen molar-refractivity contribution in [3.63, 3.8) is 0 Å². The molecule has 1 N–H and O–H groups in total. The van der Waals surface area contributed by atoms with Gasteiger partial charge in [0.15, 0.2) is 0 Å². The van der Waals surface area contributed by atoms with E-state index >= 15 is 0 Å². The van der Waals surface area contributed by atoms with Crippen molar-refractivity contribution < 1.29 is 9.59 Å². The summed E-state index contributed by atoms with van der Waals surface area (Å²) in [5.74, 6) is -1.09. The Balaban J connectivity index is 2.73. The van der Waals surface area contributed by atoms with Crippen LogP contribution in [0.15, 0.2) is 24.8 Å². The highest BCUT2D eigenvalue weighted by molar-refractivity contribution is 6.46. The first kappa shape index (κ1) is 8.69. The summed E-state index contributed by atoms with van der Waals surface area (Å²) in [4.78, 5) is 22.6. The molecule has 0 radical (unpaired) electrons. The summed E-state index contributed by atoms with van der Waals surface area (Å²) >= 11 is 0. The summed E-state index contributed by atoms with van der Waals surface area (Å²) in [5, 5.41) is 2.44. The van der Waals surface area contributed by atoms with Crippen molar-refractivity contribution in [2.24, 2.45) is 0 Å². The maximum absolute atomic E-state index is 11.5. The third-order valence-electron chi connectivity index (χ3n) is 2.29. The van der Waals surface area contributed by atoms with E-state index in [0.717, 1.165) is 11.1 Å². The molecule has 3 heteroatoms. The van der Waals surface area contributed by atoms with Crippen LogP contribution in [0.5, 0.6) is 0 Å². The fourth-order valence-electron chi connectivity index (χ4n) is 1.64. The molecule has 1 aromatic carbocycles. The SMILES string of the molecule is C=C1NC(=O)C(=O)c2cccc(C)c21. The van der Waals surface area contributed by atoms with Gasteiger partial charge in [0.05, 0.1) is 0 Å². The molecule has 0 fully saturated rings. The van der Waals surface area contributed by atoms with Gasteiger partial charge in [-0.25, -0.2) is 0 Å². The molecular formula is C11H9NO2. The van der Waals surface area contributed by atoms with Gasteiger partial charge in [-0.05, 0) is 12.5 Å². The third kappa shape index (κ3) is 1.06. The number of nitrogens with one attached hydrogen (secondary N) is 1. The van der Waals surface area contributed by atoms with Crippen molar-refractivity contribution in [1.82, 2.24) is 5.32 Å². The number of hydrogen-bond donors (Lipinski definition) is 1. The smallest absolute Gasteiger partial charge is 0.296 e. The highest BCUT2D eigenvalue weighted by Gasteiger charge is 2.27. The quantitative estimate of drug-likeness (QED) is 0.622. The Bertz CT molecular complexity index is 460. The minimum atomic E-state index is -0.604. The number of fused-ring (bicyclic) bond motifs is 1. The third-order valence-corrected chi connectivity index (χ3v) is 2.29. The molecule has 14 heavy (non-hydrogen) atoms. The standard InChI is InChI=1S/C11H9NO2/c1-6-4-3-5-8-9(6)7(2)12-11(14)10(8)13/h3-5H,2H2,1H3,(H,12,14). The van der Waals surface area contributed by atoms with E-state index in [1.807, 2.05) is 13.0 Å². The van der Waals surface area contributed by atoms with Crippen LogP contribution in [0.25, 0.3) is 5.70 Å². The Morgan fingerprint density at radius 2 is 2.00 bits per heavy atom. The van der Waals surface area contributed by atoms with E-state index in [1.54, 1.807) is 12.1 Å². The van der Waals surface area contributed by atoms with Gasteiger partial charge >= 0.3 is 0 Å². The first-order valence-electron chi connectivity index (χ1n) is 4.26. The molecular weight excluding hydrogens is 178 g/mol. The van der Waals surface area contributed by atoms with Crippen molar-refractivity contribution in [3.8, 4) is 0 Å². The van der Waals surface area contributed by atoms with Crippen LogP contribution in [0.1, 0.15) is 21.5 Å². The van der Waals surface area contributed by atoms with E-state index in [4.69, 9.17) is 0 Å². The van der Waals surface area contributed by atoms with Gasteiger partial charge in [0.25, 0.3) is 11.7 Å². The molecule has 1 amide bonds. The zero-order valence-electron chi connectivity index (χ0n) is 7.76. The van der Waals surface area contributed by atoms with Gasteiger partial charge in [-0.2, -0.15) is 0 Å². The number of ketones is 1. The summed E-state index contributed by atoms with van der Waals surface area (Å²) < 4.78 is 0. The van der Waals surface area contributed by atoms with Crippen LogP contribution in [-0.2, 0) is 4.79 Å². The Morgan fingerprint density at radius 3 is 2.71 bits per heavy atom. The average molecular weight is 187 g/mol. The van der Waals surface area contributed by atoms with Crippen molar-refractivity contribution in [1.29, 1.82) is 0 Å². The van der Waals surface area contributed by atoms with E-state index in [0.29, 0.717) is 11.3 Å². The summed E-state index contributed by atoms with van der Waals surface area (Å²) in [7, 11) is 0. The molecule has 0 unspecified atom stereocenters. The Morgan fingerprint density at radius 1 is 1.29 bits per heavy atom. The van der Waals surface area contributed by atoms with E-state index in [-0.39, 0.29) is 0 Å². The van der Waals surface area contributed by atoms with Crippen LogP contribution in [-0.4, -0.2) is 11.7 Å². The number of rotatable bonds is 0. The highest BCUT2D eigenvalue weighted by atomic mass is 16.2. The van der Waals surface area contributed by atoms with Gasteiger partial charge in [0.2, 0.25) is 0 Å². The zero-order chi connectivity index (χ0) is 10.3. The zero-order valence-corrected chi connectivity index (χ0v) is 7.76. The Kier molecular flexibility index (Phi) is 1.74. The number of hydrogen-bond acceptors (Lipinski definition) is 2. The maximum Gasteiger partial charge on any atom is 0.296 e. The van der Waals surface area contributed by atoms with Gasteiger partial charge in [0.1, 0.15) is 0 Å². The van der Waals surface area contributed by atoms with Gasteiger partial charge in [-0.3, -0.25) is 9.59 Å². The van der Waals surface area contributed by atoms with E-state index in [1.165, 1.54) is 0 Å². The van der Waals surface area contributed by atoms with E-state index in [2.05, 4.69) is 11.9 Å². The molecule has 1 aliphatic heterocycles. The molecule has 0 aromatic heterocycles. The van der Waals surface area contributed by atoms with Crippen LogP contribution in [0, 0.1) is 6.92 Å². The van der Waals surface area contributed by atoms with Crippen LogP contribution in [0.4, 0.5) is 0 Å². The molecule has 0 aliphatic carbocycles. The molecule has 0 atom stereocenters. The van der Waals surface area contributed by atoms with E-state index < -0.39 is 11.7 Å². The first-order valence-corrected chi connectivity index (χ1v) is 4.26. The minimum absolute atomic E-state index is 0.443. The molecule has 0 bridgehead atoms. The van der Waals surface area contributed by atoms with Crippen LogP contribution >= 0.6 is 0 Å². The predicted molar refractivity (Wildman–Crippen MR) is 52.7 cm³/mol. The second-order valence-electron chi connectivity index (χ2n) is 3.26. The monoisotopic (exact) mass is 187 g/mol. The van der Waals surface area contributed by atoms with Gasteiger partial charge in [-0.1, -0.05) is 24.8 Å². The number of carbonyl (C=O) groups excluding carboxylic acids is 2. The van der Waals surface area contributed by atoms with Gasteiger partial charge in [0, 0.05) is 16.8 Å². The molecule has 0 spiro atoms. The Labute approximate surface area is 81.4 Å². The lowest BCUT2D eigenvalue weighted by molar-refractivity contribution is -0.116. The lowest BCUT2D eigenvalue weighted by Gasteiger charge is -2.19. The lowest BCUT2D eigenvalue weighted by Crippen LogP contribution is -2.35. The molecule has 0 saturated heterocycles. The summed E-state index contributed by atoms with van der Waals surface area (Å²) in [6.07, 6.45) is 0. The molecule has 2 rings (SSSR count). The number of amides is 1. The number of aryl methyl sites for hydroxylation is 1. The first-order chi connectivity index (χ1) is 6.61. The number of Topliss-reactive ketones (excluding diaryl/α,β-unsaturated/α-hetero) is 1. The van der Waals surface area contributed by atoms with Crippen LogP contribution in [0.2, 0.25) is 0 Å². The minimum Gasteiger partial charge on any atom is -0.319 e. The molecule has 3 nitrogen and oxygen atoms in total. The van der Waals surface area contributed by atoms with Gasteiger partial charge < -0.3 is 5.32 Å². The van der Waals surface area contributed by atoms with Crippen molar-refractivity contribution in [3.05, 3.63) is 41.5 Å². The maximum atomic E-state index is 11.5. The molecule has 1 aromatic rings. The fourth-order valence-corrected chi connectivity index (χ4v) is 1.64. The number of benzene rings is 1. The van der Waals surface area contributed by atoms with Crippen LogP contribution in [0.3, 0.4) is 0 Å². The van der Waals surface area contributed by atoms with Crippen molar-refractivity contribution in [2.75, 3.05) is 0 Å². The normalized spacial score (nSPS) is 15.1. The average Bonchev–Trinajstić information content (AvgIpc) is 2.14. The Hall–Kier alpha value is -1.90. The predicted octanol–water partition coefficient (Wildman–Crippen LogP) is 1.28. The van der Waals surface area contributed by atoms with Crippen LogP contribution < -0.4 is 5.32 Å². The van der Waals surface area contributed by atoms with Crippen molar-refractivity contribution in [2.45, 2.75) is 6.92 Å². The largest absolute Gasteiger partial charge is 0.319 e. The molecule has 0 saturated carbocycles. The molecule has 1 heterocycles. The molecule has 1 aliphatic rings. The summed E-state index contributed by atoms with van der Waals surface area (Å²) in [6.45, 7) is 5.60.